The third-order valence-electron chi connectivity index (χ3n) is 1.86. The van der Waals surface area contributed by atoms with Crippen molar-refractivity contribution in [1.82, 2.24) is 10.8 Å². The van der Waals surface area contributed by atoms with Crippen molar-refractivity contribution >= 4 is 11.8 Å². The van der Waals surface area contributed by atoms with Crippen LogP contribution in [0.4, 0.5) is 8.78 Å². The van der Waals surface area contributed by atoms with Gasteiger partial charge in [0.1, 0.15) is 11.6 Å². The van der Waals surface area contributed by atoms with Crippen molar-refractivity contribution in [3.05, 3.63) is 35.4 Å². The summed E-state index contributed by atoms with van der Waals surface area (Å²) in [4.78, 5) is 27.1. The summed E-state index contributed by atoms with van der Waals surface area (Å²) in [5.41, 5.74) is 1.86. The highest BCUT2D eigenvalue weighted by atomic mass is 19.1. The lowest BCUT2D eigenvalue weighted by Crippen LogP contribution is -2.37. The molecule has 0 aliphatic carbocycles. The molecule has 0 bridgehead atoms. The van der Waals surface area contributed by atoms with Crippen LogP contribution in [0.15, 0.2) is 18.2 Å². The molecule has 0 heterocycles. The third-order valence-corrected chi connectivity index (χ3v) is 1.86. The number of nitrogens with one attached hydrogen (secondary N) is 2. The van der Waals surface area contributed by atoms with Gasteiger partial charge in [0.15, 0.2) is 0 Å². The minimum atomic E-state index is -0.862. The number of hydroxylamine groups is 1. The number of rotatable bonds is 5. The normalized spacial score (nSPS) is 9.94. The summed E-state index contributed by atoms with van der Waals surface area (Å²) in [5.74, 6) is -3.04. The highest BCUT2D eigenvalue weighted by Crippen LogP contribution is 2.07. The molecule has 98 valence electrons. The molecule has 0 radical (unpaired) electrons. The fraction of sp³-hybridized carbons (Fsp3) is 0.273. The number of halogens is 2. The summed E-state index contributed by atoms with van der Waals surface area (Å²) in [7, 11) is 0. The molecule has 0 saturated carbocycles. The van der Waals surface area contributed by atoms with Gasteiger partial charge in [-0.2, -0.15) is 0 Å². The first-order chi connectivity index (χ1) is 8.52. The van der Waals surface area contributed by atoms with Crippen LogP contribution in [0.25, 0.3) is 0 Å². The maximum atomic E-state index is 12.8. The van der Waals surface area contributed by atoms with Crippen LogP contribution in [-0.2, 0) is 9.63 Å². The molecule has 0 fully saturated rings. The minimum absolute atomic E-state index is 0.197. The van der Waals surface area contributed by atoms with Crippen molar-refractivity contribution in [3.8, 4) is 0 Å². The van der Waals surface area contributed by atoms with Gasteiger partial charge in [0.05, 0.1) is 13.2 Å². The number of benzene rings is 1. The molecule has 18 heavy (non-hydrogen) atoms. The Morgan fingerprint density at radius 3 is 2.39 bits per heavy atom. The van der Waals surface area contributed by atoms with Crippen LogP contribution in [0.5, 0.6) is 0 Å². The molecule has 0 aliphatic heterocycles. The quantitative estimate of drug-likeness (QED) is 0.766. The minimum Gasteiger partial charge on any atom is -0.343 e. The van der Waals surface area contributed by atoms with E-state index in [9.17, 15) is 18.4 Å². The molecule has 0 aliphatic rings. The molecule has 1 aromatic carbocycles. The number of carbonyl (C=O) groups is 2. The van der Waals surface area contributed by atoms with Crippen LogP contribution in [0, 0.1) is 11.6 Å². The molecule has 0 spiro atoms. The Labute approximate surface area is 102 Å². The third kappa shape index (κ3) is 4.46. The van der Waals surface area contributed by atoms with Gasteiger partial charge in [0.25, 0.3) is 11.8 Å². The Kier molecular flexibility index (Phi) is 5.19. The molecule has 1 rings (SSSR count). The van der Waals surface area contributed by atoms with Gasteiger partial charge in [-0.3, -0.25) is 14.4 Å². The molecule has 0 atom stereocenters. The summed E-state index contributed by atoms with van der Waals surface area (Å²) in [6.45, 7) is 1.61. The Bertz CT molecular complexity index is 432. The maximum Gasteiger partial charge on any atom is 0.262 e. The van der Waals surface area contributed by atoms with Gasteiger partial charge in [-0.05, 0) is 19.1 Å². The second-order valence-corrected chi connectivity index (χ2v) is 3.30. The SMILES string of the molecule is CCONC(=O)CNC(=O)c1cc(F)cc(F)c1. The summed E-state index contributed by atoms with van der Waals surface area (Å²) in [6, 6.07) is 2.40. The van der Waals surface area contributed by atoms with E-state index < -0.39 is 23.4 Å². The van der Waals surface area contributed by atoms with Crippen molar-refractivity contribution < 1.29 is 23.2 Å². The lowest BCUT2D eigenvalue weighted by molar-refractivity contribution is -0.132. The molecule has 0 aromatic heterocycles. The largest absolute Gasteiger partial charge is 0.343 e. The van der Waals surface area contributed by atoms with E-state index >= 15 is 0 Å². The number of amides is 2. The Hall–Kier alpha value is -2.02. The average molecular weight is 258 g/mol. The molecule has 0 saturated heterocycles. The second-order valence-electron chi connectivity index (χ2n) is 3.30. The zero-order valence-electron chi connectivity index (χ0n) is 9.63. The first-order valence-corrected chi connectivity index (χ1v) is 5.18. The number of carbonyl (C=O) groups excluding carboxylic acids is 2. The van der Waals surface area contributed by atoms with Gasteiger partial charge < -0.3 is 5.32 Å². The number of hydrogen-bond donors (Lipinski definition) is 2. The Balaban J connectivity index is 2.52. The molecule has 0 unspecified atom stereocenters. The highest BCUT2D eigenvalue weighted by molar-refractivity contribution is 5.96. The fourth-order valence-electron chi connectivity index (χ4n) is 1.14. The molecule has 7 heteroatoms. The van der Waals surface area contributed by atoms with Crippen LogP contribution in [0.2, 0.25) is 0 Å². The summed E-state index contributed by atoms with van der Waals surface area (Å²) < 4.78 is 25.7. The van der Waals surface area contributed by atoms with Crippen LogP contribution < -0.4 is 10.8 Å². The van der Waals surface area contributed by atoms with Crippen molar-refractivity contribution in [3.63, 3.8) is 0 Å². The van der Waals surface area contributed by atoms with E-state index in [1.54, 1.807) is 6.92 Å². The van der Waals surface area contributed by atoms with E-state index in [1.165, 1.54) is 0 Å². The van der Waals surface area contributed by atoms with E-state index in [0.29, 0.717) is 6.07 Å². The standard InChI is InChI=1S/C11H12F2N2O3/c1-2-18-15-10(16)6-14-11(17)7-3-8(12)5-9(13)4-7/h3-5H,2,6H2,1H3,(H,14,17)(H,15,16). The second kappa shape index (κ2) is 6.65. The fourth-order valence-corrected chi connectivity index (χ4v) is 1.14. The van der Waals surface area contributed by atoms with E-state index in [2.05, 4.69) is 15.6 Å². The predicted molar refractivity (Wildman–Crippen MR) is 58.5 cm³/mol. The Morgan fingerprint density at radius 2 is 1.83 bits per heavy atom. The van der Waals surface area contributed by atoms with Crippen LogP contribution in [-0.4, -0.2) is 25.0 Å². The van der Waals surface area contributed by atoms with Crippen molar-refractivity contribution in [1.29, 1.82) is 0 Å². The smallest absolute Gasteiger partial charge is 0.262 e. The zero-order valence-corrected chi connectivity index (χ0v) is 9.63. The molecule has 1 aromatic rings. The first-order valence-electron chi connectivity index (χ1n) is 5.18. The first kappa shape index (κ1) is 14.0. The average Bonchev–Trinajstić information content (AvgIpc) is 2.32. The lowest BCUT2D eigenvalue weighted by atomic mass is 10.2. The molecule has 5 nitrogen and oxygen atoms in total. The van der Waals surface area contributed by atoms with Crippen LogP contribution in [0.1, 0.15) is 17.3 Å². The molecular formula is C11H12F2N2O3. The molecule has 2 N–H and O–H groups in total. The summed E-state index contributed by atoms with van der Waals surface area (Å²) in [6.07, 6.45) is 0. The summed E-state index contributed by atoms with van der Waals surface area (Å²) >= 11 is 0. The monoisotopic (exact) mass is 258 g/mol. The van der Waals surface area contributed by atoms with Gasteiger partial charge in [-0.25, -0.2) is 14.3 Å². The van der Waals surface area contributed by atoms with Crippen molar-refractivity contribution in [2.45, 2.75) is 6.92 Å². The predicted octanol–water partition coefficient (Wildman–Crippen LogP) is 0.762. The van der Waals surface area contributed by atoms with E-state index in [4.69, 9.17) is 0 Å². The van der Waals surface area contributed by atoms with Gasteiger partial charge in [-0.15, -0.1) is 0 Å². The van der Waals surface area contributed by atoms with Gasteiger partial charge in [0.2, 0.25) is 0 Å². The molecular weight excluding hydrogens is 246 g/mol. The Morgan fingerprint density at radius 1 is 1.22 bits per heavy atom. The van der Waals surface area contributed by atoms with Crippen LogP contribution >= 0.6 is 0 Å². The van der Waals surface area contributed by atoms with E-state index in [1.807, 2.05) is 0 Å². The highest BCUT2D eigenvalue weighted by Gasteiger charge is 2.10. The van der Waals surface area contributed by atoms with Crippen LogP contribution in [0.3, 0.4) is 0 Å². The number of hydrogen-bond acceptors (Lipinski definition) is 3. The maximum absolute atomic E-state index is 12.8. The van der Waals surface area contributed by atoms with Gasteiger partial charge >= 0.3 is 0 Å². The van der Waals surface area contributed by atoms with E-state index in [0.717, 1.165) is 12.1 Å². The molecule has 2 amide bonds. The lowest BCUT2D eigenvalue weighted by Gasteiger charge is -2.06. The van der Waals surface area contributed by atoms with Gasteiger partial charge in [0, 0.05) is 11.6 Å². The van der Waals surface area contributed by atoms with Crippen molar-refractivity contribution in [2.75, 3.05) is 13.2 Å². The zero-order chi connectivity index (χ0) is 13.5. The topological polar surface area (TPSA) is 67.4 Å². The van der Waals surface area contributed by atoms with Gasteiger partial charge in [-0.1, -0.05) is 0 Å². The van der Waals surface area contributed by atoms with Crippen molar-refractivity contribution in [2.24, 2.45) is 0 Å². The van der Waals surface area contributed by atoms with E-state index in [-0.39, 0.29) is 18.7 Å². The summed E-state index contributed by atoms with van der Waals surface area (Å²) in [5, 5.41) is 2.20.